The number of para-hydroxylation sites is 4. The van der Waals surface area contributed by atoms with Gasteiger partial charge in [-0.1, -0.05) is 146 Å². The summed E-state index contributed by atoms with van der Waals surface area (Å²) in [5.41, 5.74) is 5.74. The zero-order chi connectivity index (χ0) is 32.0. The molecule has 2 atom stereocenters. The van der Waals surface area contributed by atoms with Crippen molar-refractivity contribution < 1.29 is 9.47 Å². The van der Waals surface area contributed by atoms with Gasteiger partial charge in [-0.3, -0.25) is 10.6 Å². The normalized spacial score (nSPS) is 19.8. The molecular formula is C44H38N2O2. The fraction of sp³-hybridized carbons (Fsp3) is 0.182. The van der Waals surface area contributed by atoms with Gasteiger partial charge in [0.2, 0.25) is 0 Å². The van der Waals surface area contributed by atoms with E-state index in [4.69, 9.17) is 9.47 Å². The second-order valence-corrected chi connectivity index (χ2v) is 13.2. The minimum atomic E-state index is -0.611. The van der Waals surface area contributed by atoms with Crippen molar-refractivity contribution in [3.05, 3.63) is 191 Å². The van der Waals surface area contributed by atoms with Crippen molar-refractivity contribution in [2.45, 2.75) is 48.8 Å². The highest BCUT2D eigenvalue weighted by Crippen LogP contribution is 2.53. The molecule has 0 aromatic heterocycles. The van der Waals surface area contributed by atoms with Crippen LogP contribution >= 0.6 is 0 Å². The third-order valence-corrected chi connectivity index (χ3v) is 10.6. The summed E-state index contributed by atoms with van der Waals surface area (Å²) in [6, 6.07) is 56.2. The molecule has 48 heavy (non-hydrogen) atoms. The van der Waals surface area contributed by atoms with Crippen LogP contribution in [0.1, 0.15) is 59.1 Å². The summed E-state index contributed by atoms with van der Waals surface area (Å²) >= 11 is 0. The number of fused-ring (bicyclic) bond motifs is 4. The average molecular weight is 627 g/mol. The Labute approximate surface area is 282 Å². The van der Waals surface area contributed by atoms with Crippen molar-refractivity contribution in [3.63, 3.8) is 0 Å². The van der Waals surface area contributed by atoms with E-state index < -0.39 is 11.1 Å². The van der Waals surface area contributed by atoms with E-state index in [2.05, 4.69) is 168 Å². The van der Waals surface area contributed by atoms with Gasteiger partial charge < -0.3 is 9.47 Å². The number of hydrogen-bond acceptors (Lipinski definition) is 4. The highest BCUT2D eigenvalue weighted by molar-refractivity contribution is 5.64. The van der Waals surface area contributed by atoms with Gasteiger partial charge in [0, 0.05) is 34.3 Å². The van der Waals surface area contributed by atoms with Crippen LogP contribution in [-0.2, 0) is 11.1 Å². The number of benzene rings is 6. The van der Waals surface area contributed by atoms with Gasteiger partial charge in [-0.15, -0.1) is 0 Å². The van der Waals surface area contributed by atoms with Crippen molar-refractivity contribution in [1.29, 1.82) is 0 Å². The van der Waals surface area contributed by atoms with Gasteiger partial charge in [-0.05, 0) is 48.2 Å². The Morgan fingerprint density at radius 1 is 0.375 bits per heavy atom. The summed E-state index contributed by atoms with van der Waals surface area (Å²) in [7, 11) is 0. The molecule has 4 nitrogen and oxygen atoms in total. The highest BCUT2D eigenvalue weighted by Gasteiger charge is 2.49. The van der Waals surface area contributed by atoms with Crippen LogP contribution in [0.2, 0.25) is 0 Å². The molecular weight excluding hydrogens is 588 g/mol. The van der Waals surface area contributed by atoms with Crippen molar-refractivity contribution in [1.82, 2.24) is 10.6 Å². The van der Waals surface area contributed by atoms with Gasteiger partial charge in [-0.2, -0.15) is 0 Å². The van der Waals surface area contributed by atoms with Gasteiger partial charge in [0.25, 0.3) is 0 Å². The first-order valence-electron chi connectivity index (χ1n) is 17.2. The third kappa shape index (κ3) is 4.51. The molecule has 0 bridgehead atoms. The summed E-state index contributed by atoms with van der Waals surface area (Å²) < 4.78 is 13.1. The molecule has 3 aliphatic rings. The van der Waals surface area contributed by atoms with E-state index in [0.717, 1.165) is 70.9 Å². The lowest BCUT2D eigenvalue weighted by atomic mass is 9.71. The smallest absolute Gasteiger partial charge is 0.133 e. The van der Waals surface area contributed by atoms with Crippen molar-refractivity contribution in [3.8, 4) is 23.0 Å². The third-order valence-electron chi connectivity index (χ3n) is 10.6. The predicted molar refractivity (Wildman–Crippen MR) is 191 cm³/mol. The molecule has 1 aliphatic carbocycles. The number of rotatable bonds is 6. The van der Waals surface area contributed by atoms with Gasteiger partial charge in [0.05, 0.1) is 0 Å². The van der Waals surface area contributed by atoms with Crippen molar-refractivity contribution in [2.24, 2.45) is 0 Å². The molecule has 4 heteroatoms. The van der Waals surface area contributed by atoms with Crippen LogP contribution in [0.5, 0.6) is 23.0 Å². The summed E-state index contributed by atoms with van der Waals surface area (Å²) in [5, 5.41) is 8.77. The Hall–Kier alpha value is -5.16. The maximum absolute atomic E-state index is 6.57. The fourth-order valence-electron chi connectivity index (χ4n) is 8.50. The maximum atomic E-state index is 6.57. The molecule has 0 radical (unpaired) electrons. The summed E-state index contributed by atoms with van der Waals surface area (Å²) in [6.45, 7) is 0. The van der Waals surface area contributed by atoms with Crippen LogP contribution in [0.25, 0.3) is 0 Å². The molecule has 2 aliphatic heterocycles. The molecule has 6 aromatic rings. The first-order valence-corrected chi connectivity index (χ1v) is 17.2. The minimum absolute atomic E-state index is 0.140. The van der Waals surface area contributed by atoms with Crippen LogP contribution in [0.15, 0.2) is 158 Å². The Balaban J connectivity index is 1.23. The predicted octanol–water partition coefficient (Wildman–Crippen LogP) is 9.67. The summed E-state index contributed by atoms with van der Waals surface area (Å²) in [6.07, 6.45) is 4.41. The minimum Gasteiger partial charge on any atom is -0.457 e. The lowest BCUT2D eigenvalue weighted by molar-refractivity contribution is 0.210. The average Bonchev–Trinajstić information content (AvgIpc) is 3.16. The molecule has 0 spiro atoms. The van der Waals surface area contributed by atoms with E-state index in [0.29, 0.717) is 0 Å². The SMILES string of the molecule is c1ccc(C2(N[C@@H]3CCCC[C@H]3NC3(c4ccccc4)c4ccccc4Oc4ccccc43)c3ccccc3Oc3ccccc32)cc1. The molecule has 1 fully saturated rings. The van der Waals surface area contributed by atoms with Gasteiger partial charge in [0.15, 0.2) is 0 Å². The highest BCUT2D eigenvalue weighted by atomic mass is 16.5. The van der Waals surface area contributed by atoms with Crippen LogP contribution in [0.3, 0.4) is 0 Å². The van der Waals surface area contributed by atoms with E-state index in [9.17, 15) is 0 Å². The van der Waals surface area contributed by atoms with Gasteiger partial charge in [-0.25, -0.2) is 0 Å². The standard InChI is InChI=1S/C44H38N2O2/c1-3-17-31(18-4-1)43(33-21-7-13-27-39(33)47-40-28-14-8-22-34(40)43)45-37-25-11-12-26-38(37)46-44(32-19-5-2-6-20-32)35-23-9-15-29-41(35)48-42-30-16-10-24-36(42)44/h1-10,13-24,27-30,37-38,45-46H,11-12,25-26H2/t37-,38-/m1/s1. The van der Waals surface area contributed by atoms with Gasteiger partial charge in [0.1, 0.15) is 34.1 Å². The van der Waals surface area contributed by atoms with E-state index in [1.165, 1.54) is 11.1 Å². The summed E-state index contributed by atoms with van der Waals surface area (Å²) in [5.74, 6) is 3.56. The van der Waals surface area contributed by atoms with Crippen molar-refractivity contribution >= 4 is 0 Å². The van der Waals surface area contributed by atoms with E-state index in [-0.39, 0.29) is 12.1 Å². The maximum Gasteiger partial charge on any atom is 0.133 e. The number of nitrogens with one attached hydrogen (secondary N) is 2. The number of hydrogen-bond donors (Lipinski definition) is 2. The molecule has 0 amide bonds. The zero-order valence-electron chi connectivity index (χ0n) is 26.8. The molecule has 6 aromatic carbocycles. The number of ether oxygens (including phenoxy) is 2. The second kappa shape index (κ2) is 11.8. The van der Waals surface area contributed by atoms with Gasteiger partial charge >= 0.3 is 0 Å². The molecule has 0 saturated heterocycles. The van der Waals surface area contributed by atoms with E-state index in [1.54, 1.807) is 0 Å². The molecule has 0 unspecified atom stereocenters. The first kappa shape index (κ1) is 29.0. The monoisotopic (exact) mass is 626 g/mol. The largest absolute Gasteiger partial charge is 0.457 e. The molecule has 2 heterocycles. The van der Waals surface area contributed by atoms with E-state index >= 15 is 0 Å². The molecule has 2 N–H and O–H groups in total. The fourth-order valence-corrected chi connectivity index (χ4v) is 8.50. The van der Waals surface area contributed by atoms with Crippen LogP contribution in [-0.4, -0.2) is 12.1 Å². The van der Waals surface area contributed by atoms with E-state index in [1.807, 2.05) is 0 Å². The van der Waals surface area contributed by atoms with Crippen molar-refractivity contribution in [2.75, 3.05) is 0 Å². The Kier molecular flexibility index (Phi) is 7.14. The molecule has 1 saturated carbocycles. The lowest BCUT2D eigenvalue weighted by Gasteiger charge is -2.49. The molecule has 236 valence electrons. The zero-order valence-corrected chi connectivity index (χ0v) is 26.8. The van der Waals surface area contributed by atoms with Crippen LogP contribution < -0.4 is 20.1 Å². The second-order valence-electron chi connectivity index (χ2n) is 13.2. The first-order chi connectivity index (χ1) is 23.8. The lowest BCUT2D eigenvalue weighted by Crippen LogP contribution is -2.62. The Morgan fingerprint density at radius 3 is 1.00 bits per heavy atom. The quantitative estimate of drug-likeness (QED) is 0.193. The van der Waals surface area contributed by atoms with Crippen LogP contribution in [0, 0.1) is 0 Å². The molecule has 9 rings (SSSR count). The Bertz CT molecular complexity index is 1830. The summed E-state index contributed by atoms with van der Waals surface area (Å²) in [4.78, 5) is 0. The Morgan fingerprint density at radius 2 is 0.667 bits per heavy atom. The van der Waals surface area contributed by atoms with Crippen LogP contribution in [0.4, 0.5) is 0 Å². The topological polar surface area (TPSA) is 42.5 Å².